The zero-order chi connectivity index (χ0) is 16.8. The summed E-state index contributed by atoms with van der Waals surface area (Å²) < 4.78 is 5.08. The lowest BCUT2D eigenvalue weighted by Gasteiger charge is -2.50. The highest BCUT2D eigenvalue weighted by Crippen LogP contribution is 2.49. The lowest BCUT2D eigenvalue weighted by Crippen LogP contribution is -2.76. The van der Waals surface area contributed by atoms with E-state index in [1.807, 2.05) is 6.08 Å². The van der Waals surface area contributed by atoms with Crippen molar-refractivity contribution in [2.75, 3.05) is 11.9 Å². The van der Waals surface area contributed by atoms with E-state index in [0.717, 1.165) is 0 Å². The molecule has 0 aromatic heterocycles. The van der Waals surface area contributed by atoms with Gasteiger partial charge in [-0.3, -0.25) is 4.79 Å². The number of aliphatic hydroxyl groups is 1. The minimum atomic E-state index is -1.21. The number of unbranched alkanes of at least 4 members (excludes halogenated alkanes) is 3. The van der Waals surface area contributed by atoms with Crippen molar-refractivity contribution in [2.24, 2.45) is 5.92 Å². The number of amides is 1. The van der Waals surface area contributed by atoms with E-state index in [1.165, 1.54) is 25.7 Å². The fourth-order valence-electron chi connectivity index (χ4n) is 2.93. The zero-order valence-electron chi connectivity index (χ0n) is 13.4. The van der Waals surface area contributed by atoms with Gasteiger partial charge in [0.2, 0.25) is 11.4 Å². The predicted octanol–water partition coefficient (Wildman–Crippen LogP) is 2.32. The number of fused-ring (bicyclic) bond motifs is 1. The number of carbonyl (C=O) groups excluding carboxylic acids is 2. The summed E-state index contributed by atoms with van der Waals surface area (Å²) in [6.45, 7) is 7.12. The molecular weight excluding hydrogens is 350 g/mol. The Morgan fingerprint density at radius 2 is 2.14 bits per heavy atom. The summed E-state index contributed by atoms with van der Waals surface area (Å²) in [6.07, 6.45) is 7.74. The first-order valence-corrected chi connectivity index (χ1v) is 8.88. The molecule has 0 aromatic carbocycles. The van der Waals surface area contributed by atoms with E-state index in [9.17, 15) is 14.7 Å². The van der Waals surface area contributed by atoms with Crippen molar-refractivity contribution in [3.8, 4) is 0 Å². The Morgan fingerprint density at radius 1 is 1.45 bits per heavy atom. The Morgan fingerprint density at radius 3 is 2.55 bits per heavy atom. The van der Waals surface area contributed by atoms with Crippen LogP contribution in [0.15, 0.2) is 12.7 Å². The topological polar surface area (TPSA) is 75.6 Å². The van der Waals surface area contributed by atoms with Gasteiger partial charge >= 0.3 is 5.97 Å². The molecule has 0 aliphatic carbocycles. The van der Waals surface area contributed by atoms with Crippen molar-refractivity contribution < 1.29 is 19.4 Å². The molecule has 2 aliphatic heterocycles. The van der Waals surface area contributed by atoms with Crippen LogP contribution >= 0.6 is 15.9 Å². The van der Waals surface area contributed by atoms with E-state index in [-0.39, 0.29) is 11.8 Å². The van der Waals surface area contributed by atoms with Crippen molar-refractivity contribution in [2.45, 2.75) is 57.1 Å². The Labute approximate surface area is 140 Å². The molecule has 6 heteroatoms. The number of rotatable bonds is 7. The van der Waals surface area contributed by atoms with Crippen LogP contribution in [0.25, 0.3) is 0 Å². The Bertz CT molecular complexity index is 428. The van der Waals surface area contributed by atoms with Crippen LogP contribution in [-0.2, 0) is 14.3 Å². The van der Waals surface area contributed by atoms with Gasteiger partial charge in [-0.15, -0.1) is 6.58 Å². The predicted molar refractivity (Wildman–Crippen MR) is 88.7 cm³/mol. The largest absolute Gasteiger partial charge is 0.453 e. The first-order chi connectivity index (χ1) is 10.4. The first-order valence-electron chi connectivity index (χ1n) is 7.76. The molecule has 22 heavy (non-hydrogen) atoms. The molecule has 2 aliphatic rings. The smallest absolute Gasteiger partial charge is 0.339 e. The number of aliphatic hydroxyl groups excluding tert-OH is 1. The van der Waals surface area contributed by atoms with E-state index in [1.54, 1.807) is 6.92 Å². The van der Waals surface area contributed by atoms with E-state index >= 15 is 0 Å². The fourth-order valence-corrected chi connectivity index (χ4v) is 3.39. The molecule has 3 atom stereocenters. The second kappa shape index (κ2) is 8.11. The van der Waals surface area contributed by atoms with E-state index in [2.05, 4.69) is 34.7 Å². The third-order valence-electron chi connectivity index (χ3n) is 4.47. The van der Waals surface area contributed by atoms with Crippen molar-refractivity contribution in [3.63, 3.8) is 0 Å². The maximum atomic E-state index is 11.7. The molecular formula is C16H26BrNO4. The molecule has 0 spiro atoms. The average Bonchev–Trinajstić information content (AvgIpc) is 2.66. The number of hydrogen-bond acceptors (Lipinski definition) is 4. The number of allylic oxidation sites excluding steroid dienone is 1. The number of nitrogens with one attached hydrogen (secondary N) is 1. The van der Waals surface area contributed by atoms with Crippen molar-refractivity contribution >= 4 is 27.8 Å². The highest BCUT2D eigenvalue weighted by molar-refractivity contribution is 9.09. The van der Waals surface area contributed by atoms with Gasteiger partial charge in [0, 0.05) is 5.33 Å². The lowest BCUT2D eigenvalue weighted by atomic mass is 9.71. The van der Waals surface area contributed by atoms with Gasteiger partial charge in [0.1, 0.15) is 0 Å². The van der Waals surface area contributed by atoms with Gasteiger partial charge < -0.3 is 15.2 Å². The van der Waals surface area contributed by atoms with Crippen LogP contribution in [0.1, 0.15) is 46.0 Å². The van der Waals surface area contributed by atoms with Crippen molar-refractivity contribution in [1.82, 2.24) is 5.32 Å². The van der Waals surface area contributed by atoms with Gasteiger partial charge in [-0.25, -0.2) is 4.79 Å². The number of ether oxygens (including phenoxy) is 1. The fraction of sp³-hybridized carbons (Fsp3) is 0.750. The number of esters is 1. The summed E-state index contributed by atoms with van der Waals surface area (Å²) in [7, 11) is 0. The molecule has 0 aromatic rings. The summed E-state index contributed by atoms with van der Waals surface area (Å²) in [6, 6.07) is 0. The van der Waals surface area contributed by atoms with Crippen LogP contribution in [-0.4, -0.2) is 40.1 Å². The van der Waals surface area contributed by atoms with Crippen LogP contribution in [0.5, 0.6) is 0 Å². The standard InChI is InChI=1S/C9H12BrNO4.C7H14/c1-8-5(2-3-10)6(13)11-9(8,4-12)7(14)15-8;1-3-5-7-6-4-2/h5,12H,2-4H2,1H3,(H,11,13);3H,1,4-7H2,2H3/t5-,8-,9-;/m0./s1. The SMILES string of the molecule is C=CCCCCC.C[C@@]12OC(=O)[C@]1(CO)NC(=O)[C@@H]2CCBr. The van der Waals surface area contributed by atoms with Crippen LogP contribution in [0.2, 0.25) is 0 Å². The number of alkyl halides is 1. The summed E-state index contributed by atoms with van der Waals surface area (Å²) in [5.74, 6) is -1.16. The molecule has 0 radical (unpaired) electrons. The molecule has 2 heterocycles. The second-order valence-corrected chi connectivity index (χ2v) is 6.66. The van der Waals surface area contributed by atoms with Gasteiger partial charge in [-0.1, -0.05) is 41.8 Å². The van der Waals surface area contributed by atoms with Gasteiger partial charge in [0.15, 0.2) is 5.60 Å². The quantitative estimate of drug-likeness (QED) is 0.310. The molecule has 2 saturated heterocycles. The van der Waals surface area contributed by atoms with E-state index in [4.69, 9.17) is 4.74 Å². The Hall–Kier alpha value is -0.880. The monoisotopic (exact) mass is 375 g/mol. The minimum absolute atomic E-state index is 0.225. The molecule has 0 unspecified atom stereocenters. The molecule has 126 valence electrons. The molecule has 2 N–H and O–H groups in total. The third kappa shape index (κ3) is 3.23. The van der Waals surface area contributed by atoms with Gasteiger partial charge in [-0.05, 0) is 26.2 Å². The van der Waals surface area contributed by atoms with E-state index < -0.39 is 23.7 Å². The first kappa shape index (κ1) is 19.2. The third-order valence-corrected chi connectivity index (χ3v) is 4.92. The molecule has 2 fully saturated rings. The van der Waals surface area contributed by atoms with Crippen molar-refractivity contribution in [3.05, 3.63) is 12.7 Å². The molecule has 2 rings (SSSR count). The molecule has 0 saturated carbocycles. The van der Waals surface area contributed by atoms with Crippen LogP contribution < -0.4 is 5.32 Å². The normalized spacial score (nSPS) is 32.1. The number of carbonyl (C=O) groups is 2. The molecule has 0 bridgehead atoms. The van der Waals surface area contributed by atoms with Crippen molar-refractivity contribution in [1.29, 1.82) is 0 Å². The Balaban J connectivity index is 0.000000295. The van der Waals surface area contributed by atoms with Crippen LogP contribution in [0.3, 0.4) is 0 Å². The van der Waals surface area contributed by atoms with Crippen LogP contribution in [0, 0.1) is 5.92 Å². The molecule has 1 amide bonds. The zero-order valence-corrected chi connectivity index (χ0v) is 14.9. The average molecular weight is 376 g/mol. The summed E-state index contributed by atoms with van der Waals surface area (Å²) >= 11 is 3.25. The Kier molecular flexibility index (Phi) is 7.06. The van der Waals surface area contributed by atoms with Crippen LogP contribution in [0.4, 0.5) is 0 Å². The maximum absolute atomic E-state index is 11.7. The van der Waals surface area contributed by atoms with Gasteiger partial charge in [0.05, 0.1) is 12.5 Å². The highest BCUT2D eigenvalue weighted by atomic mass is 79.9. The molecule has 5 nitrogen and oxygen atoms in total. The van der Waals surface area contributed by atoms with E-state index in [0.29, 0.717) is 11.8 Å². The summed E-state index contributed by atoms with van der Waals surface area (Å²) in [5, 5.41) is 12.5. The van der Waals surface area contributed by atoms with Gasteiger partial charge in [-0.2, -0.15) is 0 Å². The maximum Gasteiger partial charge on any atom is 0.339 e. The summed E-state index contributed by atoms with van der Waals surface area (Å²) in [4.78, 5) is 23.0. The second-order valence-electron chi connectivity index (χ2n) is 5.86. The number of halogens is 1. The lowest BCUT2D eigenvalue weighted by molar-refractivity contribution is -0.224. The number of hydrogen-bond donors (Lipinski definition) is 2. The van der Waals surface area contributed by atoms with Gasteiger partial charge in [0.25, 0.3) is 0 Å². The minimum Gasteiger partial charge on any atom is -0.453 e. The highest BCUT2D eigenvalue weighted by Gasteiger charge is 2.75. The summed E-state index contributed by atoms with van der Waals surface area (Å²) in [5.41, 5.74) is -2.11.